The number of carbonyl (C=O) groups excluding carboxylic acids is 3. The molecule has 1 aliphatic heterocycles. The lowest BCUT2D eigenvalue weighted by Gasteiger charge is -2.59. The van der Waals surface area contributed by atoms with Crippen LogP contribution in [0.3, 0.4) is 0 Å². The van der Waals surface area contributed by atoms with E-state index in [1.165, 1.54) is 6.20 Å². The van der Waals surface area contributed by atoms with Gasteiger partial charge in [0, 0.05) is 12.1 Å². The molecule has 1 aliphatic rings. The molecule has 1 aromatic heterocycles. The molecule has 0 bridgehead atoms. The van der Waals surface area contributed by atoms with Gasteiger partial charge in [0.1, 0.15) is 23.1 Å². The van der Waals surface area contributed by atoms with Crippen LogP contribution < -0.4 is 4.90 Å². The van der Waals surface area contributed by atoms with Crippen molar-refractivity contribution >= 4 is 49.4 Å². The number of esters is 1. The quantitative estimate of drug-likeness (QED) is 0.162. The molecule has 11 heteroatoms. The molecule has 0 aromatic carbocycles. The van der Waals surface area contributed by atoms with Crippen molar-refractivity contribution in [2.75, 3.05) is 11.5 Å². The van der Waals surface area contributed by atoms with Crippen molar-refractivity contribution in [2.45, 2.75) is 111 Å². The summed E-state index contributed by atoms with van der Waals surface area (Å²) >= 11 is 5.89. The van der Waals surface area contributed by atoms with Gasteiger partial charge in [-0.05, 0) is 77.6 Å². The highest BCUT2D eigenvalue weighted by molar-refractivity contribution is 7.80. The molecular formula is C28H45N3O6SSi. The van der Waals surface area contributed by atoms with E-state index in [2.05, 4.69) is 43.4 Å². The molecule has 0 spiro atoms. The molecule has 2 rings (SSSR count). The highest BCUT2D eigenvalue weighted by atomic mass is 32.1. The Hall–Kier alpha value is -2.53. The van der Waals surface area contributed by atoms with Crippen molar-refractivity contribution < 1.29 is 28.6 Å². The van der Waals surface area contributed by atoms with Crippen molar-refractivity contribution in [2.24, 2.45) is 5.92 Å². The zero-order valence-corrected chi connectivity index (χ0v) is 27.3. The zero-order chi connectivity index (χ0) is 30.1. The van der Waals surface area contributed by atoms with Gasteiger partial charge in [-0.15, -0.1) is 0 Å². The Morgan fingerprint density at radius 3 is 1.95 bits per heavy atom. The van der Waals surface area contributed by atoms with Crippen molar-refractivity contribution in [3.63, 3.8) is 0 Å². The van der Waals surface area contributed by atoms with E-state index in [-0.39, 0.29) is 29.4 Å². The Morgan fingerprint density at radius 2 is 1.51 bits per heavy atom. The van der Waals surface area contributed by atoms with Crippen molar-refractivity contribution in [3.05, 3.63) is 23.9 Å². The Balaban J connectivity index is 2.45. The van der Waals surface area contributed by atoms with E-state index in [9.17, 15) is 14.4 Å². The number of hydrogen-bond donors (Lipinski definition) is 0. The fraction of sp³-hybridized carbons (Fsp3) is 0.679. The summed E-state index contributed by atoms with van der Waals surface area (Å²) in [5, 5.41) is -0.0298. The highest BCUT2D eigenvalue weighted by Crippen LogP contribution is 2.46. The van der Waals surface area contributed by atoms with Crippen LogP contribution >= 0.6 is 12.2 Å². The Bertz CT molecular complexity index is 1080. The monoisotopic (exact) mass is 579 g/mol. The molecule has 0 N–H and O–H groups in total. The second-order valence-corrected chi connectivity index (χ2v) is 18.9. The standard InChI is InChI=1S/C28H45N3O6SSi/c1-13-35-23(32)21-19(22(38)31(21)39(11,12)28(8,9)10)16-18-14-15-29-20(17-18)30(24(33)36-26(2,3)4)25(34)37-27(5,6)7/h14-15,17,19,21H,13,16H2,1-12H3/t19-,21+/m1/s1. The van der Waals surface area contributed by atoms with Crippen LogP contribution in [-0.4, -0.2) is 64.8 Å². The van der Waals surface area contributed by atoms with Gasteiger partial charge in [0.2, 0.25) is 0 Å². The molecule has 2 amide bonds. The summed E-state index contributed by atoms with van der Waals surface area (Å²) in [6, 6.07) is 2.92. The van der Waals surface area contributed by atoms with Crippen LogP contribution in [0, 0.1) is 5.92 Å². The lowest BCUT2D eigenvalue weighted by atomic mass is 9.85. The molecule has 218 valence electrons. The fourth-order valence-electron chi connectivity index (χ4n) is 4.07. The van der Waals surface area contributed by atoms with Gasteiger partial charge in [0.05, 0.1) is 11.6 Å². The average Bonchev–Trinajstić information content (AvgIpc) is 2.72. The van der Waals surface area contributed by atoms with E-state index < -0.39 is 37.7 Å². The molecule has 9 nitrogen and oxygen atoms in total. The van der Waals surface area contributed by atoms with Gasteiger partial charge in [0.25, 0.3) is 0 Å². The predicted molar refractivity (Wildman–Crippen MR) is 158 cm³/mol. The number of aromatic nitrogens is 1. The van der Waals surface area contributed by atoms with Gasteiger partial charge in [0.15, 0.2) is 8.24 Å². The molecule has 0 unspecified atom stereocenters. The summed E-state index contributed by atoms with van der Waals surface area (Å²) in [4.78, 5) is 45.1. The Morgan fingerprint density at radius 1 is 1.00 bits per heavy atom. The third-order valence-corrected chi connectivity index (χ3v) is 12.9. The van der Waals surface area contributed by atoms with Crippen LogP contribution in [0.25, 0.3) is 0 Å². The van der Waals surface area contributed by atoms with E-state index in [1.807, 2.05) is 0 Å². The summed E-state index contributed by atoms with van der Waals surface area (Å²) in [5.41, 5.74) is -0.922. The summed E-state index contributed by atoms with van der Waals surface area (Å²) in [5.74, 6) is -0.491. The molecule has 1 fully saturated rings. The first-order chi connectivity index (χ1) is 17.6. The smallest absolute Gasteiger partial charge is 0.425 e. The van der Waals surface area contributed by atoms with Gasteiger partial charge < -0.3 is 18.8 Å². The number of ether oxygens (including phenoxy) is 3. The number of amides is 2. The van der Waals surface area contributed by atoms with Gasteiger partial charge >= 0.3 is 18.2 Å². The summed E-state index contributed by atoms with van der Waals surface area (Å²) < 4.78 is 18.5. The maximum atomic E-state index is 13.1. The molecule has 2 heterocycles. The maximum absolute atomic E-state index is 13.1. The van der Waals surface area contributed by atoms with Crippen molar-refractivity contribution in [1.82, 2.24) is 9.55 Å². The van der Waals surface area contributed by atoms with Gasteiger partial charge in [-0.2, -0.15) is 4.90 Å². The molecule has 1 saturated heterocycles. The van der Waals surface area contributed by atoms with Crippen LogP contribution in [-0.2, 0) is 25.4 Å². The Kier molecular flexibility index (Phi) is 9.66. The first kappa shape index (κ1) is 32.7. The zero-order valence-electron chi connectivity index (χ0n) is 25.5. The second-order valence-electron chi connectivity index (χ2n) is 13.3. The molecule has 39 heavy (non-hydrogen) atoms. The Labute approximate surface area is 239 Å². The van der Waals surface area contributed by atoms with Crippen LogP contribution in [0.1, 0.15) is 74.8 Å². The maximum Gasteiger partial charge on any atom is 0.425 e. The predicted octanol–water partition coefficient (Wildman–Crippen LogP) is 6.50. The first-order valence-corrected chi connectivity index (χ1v) is 16.7. The van der Waals surface area contributed by atoms with E-state index >= 15 is 0 Å². The summed E-state index contributed by atoms with van der Waals surface area (Å²) in [7, 11) is -2.15. The number of imide groups is 1. The normalized spacial score (nSPS) is 18.3. The van der Waals surface area contributed by atoms with E-state index in [1.54, 1.807) is 60.6 Å². The molecule has 0 aliphatic carbocycles. The fourth-order valence-corrected chi connectivity index (χ4v) is 7.50. The minimum atomic E-state index is -2.15. The molecule has 0 saturated carbocycles. The highest BCUT2D eigenvalue weighted by Gasteiger charge is 2.58. The minimum absolute atomic E-state index is 0.0298. The van der Waals surface area contributed by atoms with E-state index in [0.29, 0.717) is 6.42 Å². The SMILES string of the molecule is CCOC(=O)[C@@H]1[C@@H](Cc2ccnc(N(C(=O)OC(C)(C)C)C(=O)OC(C)(C)C)c2)C(=S)N1[Si](C)(C)C(C)(C)C. The number of nitrogens with zero attached hydrogens (tertiary/aromatic N) is 3. The topological polar surface area (TPSA) is 98.3 Å². The third kappa shape index (κ3) is 7.78. The summed E-state index contributed by atoms with van der Waals surface area (Å²) in [6.45, 7) is 23.3. The summed E-state index contributed by atoms with van der Waals surface area (Å²) in [6.07, 6.45) is 0.140. The van der Waals surface area contributed by atoms with Gasteiger partial charge in [-0.3, -0.25) is 0 Å². The second kappa shape index (κ2) is 11.5. The van der Waals surface area contributed by atoms with Crippen LogP contribution in [0.2, 0.25) is 18.1 Å². The van der Waals surface area contributed by atoms with Crippen LogP contribution in [0.4, 0.5) is 15.4 Å². The van der Waals surface area contributed by atoms with Crippen LogP contribution in [0.15, 0.2) is 18.3 Å². The number of carbonyl (C=O) groups is 3. The first-order valence-electron chi connectivity index (χ1n) is 13.3. The third-order valence-electron chi connectivity index (χ3n) is 6.83. The van der Waals surface area contributed by atoms with Crippen molar-refractivity contribution in [3.8, 4) is 0 Å². The lowest BCUT2D eigenvalue weighted by Crippen LogP contribution is -2.74. The van der Waals surface area contributed by atoms with Gasteiger partial charge in [-0.25, -0.2) is 19.4 Å². The largest absolute Gasteiger partial charge is 0.464 e. The van der Waals surface area contributed by atoms with E-state index in [0.717, 1.165) is 15.5 Å². The minimum Gasteiger partial charge on any atom is -0.464 e. The number of rotatable bonds is 6. The van der Waals surface area contributed by atoms with E-state index in [4.69, 9.17) is 26.4 Å². The number of thiocarbonyl (C=S) groups is 1. The number of anilines is 1. The molecular weight excluding hydrogens is 534 g/mol. The lowest BCUT2D eigenvalue weighted by molar-refractivity contribution is -0.149. The molecule has 1 aromatic rings. The average molecular weight is 580 g/mol. The molecule has 2 atom stereocenters. The number of pyridine rings is 1. The van der Waals surface area contributed by atoms with Gasteiger partial charge in [-0.1, -0.05) is 46.1 Å². The van der Waals surface area contributed by atoms with Crippen LogP contribution in [0.5, 0.6) is 0 Å². The number of hydrogen-bond acceptors (Lipinski definition) is 8. The molecule has 0 radical (unpaired) electrons. The van der Waals surface area contributed by atoms with Crippen molar-refractivity contribution in [1.29, 1.82) is 0 Å².